The zero-order valence-electron chi connectivity index (χ0n) is 13.0. The van der Waals surface area contributed by atoms with Gasteiger partial charge in [-0.1, -0.05) is 18.5 Å². The highest BCUT2D eigenvalue weighted by Crippen LogP contribution is 2.52. The van der Waals surface area contributed by atoms with Crippen LogP contribution in [0.1, 0.15) is 36.5 Å². The van der Waals surface area contributed by atoms with Gasteiger partial charge in [0.15, 0.2) is 0 Å². The monoisotopic (exact) mass is 321 g/mol. The summed E-state index contributed by atoms with van der Waals surface area (Å²) in [7, 11) is 0. The molecule has 0 heterocycles. The standard InChI is InChI=1S/C18H24ClNO2/c1-12-14-2-3-15(10-14)17(12)11-20(8-9-21)18(22)13-4-6-16(19)7-5-13/h4-7,12,14-15,17,21H,2-3,8-11H2,1H3/t12-,14+,15+,17+/m1/s1. The normalized spacial score (nSPS) is 29.8. The minimum Gasteiger partial charge on any atom is -0.395 e. The van der Waals surface area contributed by atoms with E-state index < -0.39 is 0 Å². The maximum atomic E-state index is 12.7. The number of hydrogen-bond donors (Lipinski definition) is 1. The fraction of sp³-hybridized carbons (Fsp3) is 0.611. The number of rotatable bonds is 5. The minimum absolute atomic E-state index is 0.000639. The molecule has 3 rings (SSSR count). The molecule has 22 heavy (non-hydrogen) atoms. The van der Waals surface area contributed by atoms with Gasteiger partial charge in [-0.2, -0.15) is 0 Å². The Kier molecular flexibility index (Phi) is 4.74. The van der Waals surface area contributed by atoms with Gasteiger partial charge in [0, 0.05) is 23.7 Å². The fourth-order valence-electron chi connectivity index (χ4n) is 4.44. The van der Waals surface area contributed by atoms with Crippen LogP contribution in [0, 0.1) is 23.7 Å². The SMILES string of the molecule is C[C@@H]1[C@H]2CC[C@@H](C2)[C@H]1CN(CCO)C(=O)c1ccc(Cl)cc1. The zero-order chi connectivity index (χ0) is 15.7. The Balaban J connectivity index is 1.72. The van der Waals surface area contributed by atoms with Gasteiger partial charge in [-0.05, 0) is 67.2 Å². The Morgan fingerprint density at radius 2 is 1.95 bits per heavy atom. The van der Waals surface area contributed by atoms with Crippen molar-refractivity contribution in [1.82, 2.24) is 4.90 Å². The molecule has 4 heteroatoms. The minimum atomic E-state index is 0.000639. The van der Waals surface area contributed by atoms with Crippen LogP contribution in [-0.4, -0.2) is 35.6 Å². The zero-order valence-corrected chi connectivity index (χ0v) is 13.8. The molecule has 0 unspecified atom stereocenters. The van der Waals surface area contributed by atoms with Gasteiger partial charge in [0.25, 0.3) is 5.91 Å². The van der Waals surface area contributed by atoms with Crippen molar-refractivity contribution in [3.8, 4) is 0 Å². The van der Waals surface area contributed by atoms with E-state index in [0.717, 1.165) is 18.4 Å². The van der Waals surface area contributed by atoms with E-state index in [1.807, 2.05) is 4.90 Å². The van der Waals surface area contributed by atoms with Gasteiger partial charge >= 0.3 is 0 Å². The van der Waals surface area contributed by atoms with Crippen LogP contribution in [0.25, 0.3) is 0 Å². The van der Waals surface area contributed by atoms with Gasteiger partial charge in [-0.25, -0.2) is 0 Å². The molecule has 1 aromatic rings. The van der Waals surface area contributed by atoms with Crippen molar-refractivity contribution < 1.29 is 9.90 Å². The average Bonchev–Trinajstić information content (AvgIpc) is 3.10. The molecule has 0 aromatic heterocycles. The number of benzene rings is 1. The van der Waals surface area contributed by atoms with Crippen molar-refractivity contribution in [2.45, 2.75) is 26.2 Å². The quantitative estimate of drug-likeness (QED) is 0.902. The molecule has 0 aliphatic heterocycles. The summed E-state index contributed by atoms with van der Waals surface area (Å²) < 4.78 is 0. The lowest BCUT2D eigenvalue weighted by Crippen LogP contribution is -2.40. The van der Waals surface area contributed by atoms with Crippen molar-refractivity contribution in [2.75, 3.05) is 19.7 Å². The van der Waals surface area contributed by atoms with E-state index in [4.69, 9.17) is 11.6 Å². The van der Waals surface area contributed by atoms with Gasteiger partial charge in [-0.3, -0.25) is 4.79 Å². The number of aliphatic hydroxyl groups excluding tert-OH is 1. The molecule has 1 N–H and O–H groups in total. The summed E-state index contributed by atoms with van der Waals surface area (Å²) in [5.41, 5.74) is 0.647. The lowest BCUT2D eigenvalue weighted by Gasteiger charge is -2.33. The van der Waals surface area contributed by atoms with Crippen LogP contribution in [0.2, 0.25) is 5.02 Å². The van der Waals surface area contributed by atoms with E-state index in [1.165, 1.54) is 19.3 Å². The van der Waals surface area contributed by atoms with Crippen molar-refractivity contribution in [3.05, 3.63) is 34.9 Å². The van der Waals surface area contributed by atoms with Crippen molar-refractivity contribution in [2.24, 2.45) is 23.7 Å². The highest BCUT2D eigenvalue weighted by Gasteiger charge is 2.45. The summed E-state index contributed by atoms with van der Waals surface area (Å²) in [6.45, 7) is 3.51. The van der Waals surface area contributed by atoms with Gasteiger partial charge in [0.1, 0.15) is 0 Å². The van der Waals surface area contributed by atoms with E-state index in [1.54, 1.807) is 24.3 Å². The van der Waals surface area contributed by atoms with Crippen LogP contribution in [0.5, 0.6) is 0 Å². The molecule has 2 bridgehead atoms. The average molecular weight is 322 g/mol. The number of carbonyl (C=O) groups is 1. The number of hydrogen-bond acceptors (Lipinski definition) is 2. The summed E-state index contributed by atoms with van der Waals surface area (Å²) in [5.74, 6) is 2.89. The van der Waals surface area contributed by atoms with Crippen LogP contribution < -0.4 is 0 Å². The second-order valence-electron chi connectivity index (χ2n) is 6.84. The molecule has 1 aromatic carbocycles. The Morgan fingerprint density at radius 1 is 1.27 bits per heavy atom. The van der Waals surface area contributed by atoms with E-state index >= 15 is 0 Å². The molecule has 0 saturated heterocycles. The first-order valence-electron chi connectivity index (χ1n) is 8.26. The molecule has 0 spiro atoms. The largest absolute Gasteiger partial charge is 0.395 e. The second kappa shape index (κ2) is 6.59. The van der Waals surface area contributed by atoms with E-state index in [-0.39, 0.29) is 12.5 Å². The maximum Gasteiger partial charge on any atom is 0.253 e. The number of nitrogens with zero attached hydrogens (tertiary/aromatic N) is 1. The first-order chi connectivity index (χ1) is 10.6. The summed E-state index contributed by atoms with van der Waals surface area (Å²) in [5, 5.41) is 9.96. The van der Waals surface area contributed by atoms with Gasteiger partial charge in [-0.15, -0.1) is 0 Å². The predicted octanol–water partition coefficient (Wildman–Crippen LogP) is 3.46. The molecule has 1 amide bonds. The number of carbonyl (C=O) groups excluding carboxylic acids is 1. The smallest absolute Gasteiger partial charge is 0.253 e. The second-order valence-corrected chi connectivity index (χ2v) is 7.27. The molecule has 120 valence electrons. The molecule has 2 fully saturated rings. The van der Waals surface area contributed by atoms with Gasteiger partial charge in [0.2, 0.25) is 0 Å². The molecule has 2 saturated carbocycles. The fourth-order valence-corrected chi connectivity index (χ4v) is 4.57. The van der Waals surface area contributed by atoms with Crippen molar-refractivity contribution >= 4 is 17.5 Å². The topological polar surface area (TPSA) is 40.5 Å². The molecule has 0 radical (unpaired) electrons. The van der Waals surface area contributed by atoms with E-state index in [0.29, 0.717) is 29.0 Å². The number of aliphatic hydroxyl groups is 1. The van der Waals surface area contributed by atoms with Crippen LogP contribution in [0.15, 0.2) is 24.3 Å². The van der Waals surface area contributed by atoms with Crippen LogP contribution in [0.4, 0.5) is 0 Å². The molecule has 4 atom stereocenters. The number of fused-ring (bicyclic) bond motifs is 2. The third-order valence-corrected chi connectivity index (χ3v) is 5.97. The Hall–Kier alpha value is -1.06. The lowest BCUT2D eigenvalue weighted by molar-refractivity contribution is 0.0633. The van der Waals surface area contributed by atoms with Gasteiger partial charge < -0.3 is 10.0 Å². The summed E-state index contributed by atoms with van der Waals surface area (Å²) >= 11 is 5.89. The summed E-state index contributed by atoms with van der Waals surface area (Å²) in [6.07, 6.45) is 3.99. The molecular formula is C18H24ClNO2. The predicted molar refractivity (Wildman–Crippen MR) is 87.9 cm³/mol. The summed E-state index contributed by atoms with van der Waals surface area (Å²) in [4.78, 5) is 14.5. The number of halogens is 1. The maximum absolute atomic E-state index is 12.7. The third kappa shape index (κ3) is 3.02. The molecule has 2 aliphatic carbocycles. The highest BCUT2D eigenvalue weighted by atomic mass is 35.5. The lowest BCUT2D eigenvalue weighted by atomic mass is 9.80. The van der Waals surface area contributed by atoms with Crippen LogP contribution in [-0.2, 0) is 0 Å². The Bertz CT molecular complexity index is 528. The first-order valence-corrected chi connectivity index (χ1v) is 8.63. The molecular weight excluding hydrogens is 298 g/mol. The third-order valence-electron chi connectivity index (χ3n) is 5.72. The van der Waals surface area contributed by atoms with E-state index in [9.17, 15) is 9.90 Å². The van der Waals surface area contributed by atoms with E-state index in [2.05, 4.69) is 6.92 Å². The number of amides is 1. The first kappa shape index (κ1) is 15.8. The molecule has 3 nitrogen and oxygen atoms in total. The van der Waals surface area contributed by atoms with Crippen molar-refractivity contribution in [1.29, 1.82) is 0 Å². The Morgan fingerprint density at radius 3 is 2.55 bits per heavy atom. The van der Waals surface area contributed by atoms with Crippen LogP contribution in [0.3, 0.4) is 0 Å². The van der Waals surface area contributed by atoms with Crippen molar-refractivity contribution in [3.63, 3.8) is 0 Å². The summed E-state index contributed by atoms with van der Waals surface area (Å²) in [6, 6.07) is 7.01. The van der Waals surface area contributed by atoms with Crippen LogP contribution >= 0.6 is 11.6 Å². The Labute approximate surface area is 137 Å². The van der Waals surface area contributed by atoms with Gasteiger partial charge in [0.05, 0.1) is 6.61 Å². The highest BCUT2D eigenvalue weighted by molar-refractivity contribution is 6.30. The molecule has 2 aliphatic rings.